The Labute approximate surface area is 135 Å². The first-order chi connectivity index (χ1) is 8.51. The van der Waals surface area contributed by atoms with Crippen LogP contribution < -0.4 is 0 Å². The zero-order valence-electron chi connectivity index (χ0n) is 12.0. The third kappa shape index (κ3) is 2.17. The number of benzene rings is 1. The molecule has 0 saturated carbocycles. The van der Waals surface area contributed by atoms with E-state index in [2.05, 4.69) is 70.2 Å². The van der Waals surface area contributed by atoms with Gasteiger partial charge in [-0.3, -0.25) is 0 Å². The fourth-order valence-corrected chi connectivity index (χ4v) is 3.09. The fourth-order valence-electron chi connectivity index (χ4n) is 3.09. The first-order valence-corrected chi connectivity index (χ1v) is 6.61. The molecule has 1 atom stereocenters. The molecule has 0 radical (unpaired) electrons. The van der Waals surface area contributed by atoms with Crippen LogP contribution in [-0.2, 0) is 26.2 Å². The van der Waals surface area contributed by atoms with Crippen molar-refractivity contribution in [3.63, 3.8) is 0 Å². The number of hydrogen-bond acceptors (Lipinski definition) is 0. The molecule has 1 unspecified atom stereocenters. The third-order valence-electron chi connectivity index (χ3n) is 4.61. The molecule has 0 fully saturated rings. The number of allylic oxidation sites excluding steroid dienone is 5. The standard InChI is InChI=1S/C18H19.Zr/c1-12-11-17(18(3,4)13(12)2)16-10-9-14-7-5-6-8-15(14)16;/h5-10,16H,1-4H3;/q-1;. The second kappa shape index (κ2) is 5.02. The van der Waals surface area contributed by atoms with Crippen molar-refractivity contribution in [2.45, 2.75) is 33.6 Å². The van der Waals surface area contributed by atoms with Gasteiger partial charge in [0.05, 0.1) is 0 Å². The third-order valence-corrected chi connectivity index (χ3v) is 4.61. The van der Waals surface area contributed by atoms with E-state index in [0.29, 0.717) is 5.92 Å². The van der Waals surface area contributed by atoms with Crippen molar-refractivity contribution in [2.75, 3.05) is 0 Å². The summed E-state index contributed by atoms with van der Waals surface area (Å²) in [4.78, 5) is 0. The van der Waals surface area contributed by atoms with Crippen molar-refractivity contribution in [1.29, 1.82) is 0 Å². The number of fused-ring (bicyclic) bond motifs is 1. The maximum Gasteiger partial charge on any atom is 0.00641 e. The van der Waals surface area contributed by atoms with Gasteiger partial charge in [-0.15, -0.1) is 6.92 Å². The molecule has 0 bridgehead atoms. The molecule has 2 aliphatic carbocycles. The molecule has 3 rings (SSSR count). The summed E-state index contributed by atoms with van der Waals surface area (Å²) in [5.74, 6) is 0.406. The van der Waals surface area contributed by atoms with E-state index in [4.69, 9.17) is 0 Å². The number of rotatable bonds is 1. The van der Waals surface area contributed by atoms with E-state index in [9.17, 15) is 0 Å². The Morgan fingerprint density at radius 2 is 1.79 bits per heavy atom. The summed E-state index contributed by atoms with van der Waals surface area (Å²) in [5.41, 5.74) is 7.10. The summed E-state index contributed by atoms with van der Waals surface area (Å²) in [5, 5.41) is 0. The molecule has 0 nitrogen and oxygen atoms in total. The molecule has 0 heterocycles. The zero-order chi connectivity index (χ0) is 12.9. The monoisotopic (exact) mass is 325 g/mol. The molecule has 0 spiro atoms. The molecule has 0 aliphatic heterocycles. The molecular weight excluding hydrogens is 307 g/mol. The van der Waals surface area contributed by atoms with Gasteiger partial charge in [0.25, 0.3) is 0 Å². The van der Waals surface area contributed by atoms with Crippen molar-refractivity contribution in [3.05, 3.63) is 64.3 Å². The predicted octanol–water partition coefficient (Wildman–Crippen LogP) is 4.90. The van der Waals surface area contributed by atoms with E-state index in [1.54, 1.807) is 0 Å². The maximum absolute atomic E-state index is 3.62. The van der Waals surface area contributed by atoms with Crippen molar-refractivity contribution < 1.29 is 26.2 Å². The first-order valence-electron chi connectivity index (χ1n) is 6.61. The Bertz CT molecular complexity index is 600. The molecule has 0 N–H and O–H groups in total. The van der Waals surface area contributed by atoms with Crippen molar-refractivity contribution in [2.24, 2.45) is 5.41 Å². The topological polar surface area (TPSA) is 0 Å². The van der Waals surface area contributed by atoms with E-state index < -0.39 is 0 Å². The molecule has 96 valence electrons. The molecule has 1 aromatic carbocycles. The minimum atomic E-state index is 0. The Hall–Kier alpha value is -0.677. The van der Waals surface area contributed by atoms with Crippen LogP contribution in [0.3, 0.4) is 0 Å². The summed E-state index contributed by atoms with van der Waals surface area (Å²) in [6, 6.07) is 8.68. The van der Waals surface area contributed by atoms with Crippen LogP contribution in [0.2, 0.25) is 0 Å². The van der Waals surface area contributed by atoms with Crippen LogP contribution in [0.5, 0.6) is 0 Å². The summed E-state index contributed by atoms with van der Waals surface area (Å²) in [6.45, 7) is 9.04. The maximum atomic E-state index is 3.62. The SMILES string of the molecule is CC1=C(C)C(C)(C)C(C2C=Cc3ccccc32)=[C-]1.[Zr]. The van der Waals surface area contributed by atoms with Crippen molar-refractivity contribution >= 4 is 6.08 Å². The Morgan fingerprint density at radius 1 is 1.11 bits per heavy atom. The van der Waals surface area contributed by atoms with E-state index in [1.165, 1.54) is 27.8 Å². The van der Waals surface area contributed by atoms with Gasteiger partial charge in [-0.2, -0.15) is 5.57 Å². The van der Waals surface area contributed by atoms with Crippen LogP contribution in [0.4, 0.5) is 0 Å². The normalized spacial score (nSPS) is 23.2. The molecule has 1 heteroatoms. The fraction of sp³-hybridized carbons (Fsp3) is 0.333. The van der Waals surface area contributed by atoms with Crippen LogP contribution in [0, 0.1) is 11.5 Å². The van der Waals surface area contributed by atoms with Gasteiger partial charge in [0, 0.05) is 32.1 Å². The summed E-state index contributed by atoms with van der Waals surface area (Å²) in [6.07, 6.45) is 8.19. The van der Waals surface area contributed by atoms with Gasteiger partial charge in [0.15, 0.2) is 0 Å². The smallest absolute Gasteiger partial charge is 0.00641 e. The van der Waals surface area contributed by atoms with Crippen LogP contribution >= 0.6 is 0 Å². The summed E-state index contributed by atoms with van der Waals surface area (Å²) >= 11 is 0. The van der Waals surface area contributed by atoms with Gasteiger partial charge in [0.1, 0.15) is 0 Å². The molecule has 19 heavy (non-hydrogen) atoms. The molecule has 0 saturated heterocycles. The zero-order valence-corrected chi connectivity index (χ0v) is 14.5. The molecule has 0 aromatic heterocycles. The molecule has 0 amide bonds. The predicted molar refractivity (Wildman–Crippen MR) is 77.1 cm³/mol. The van der Waals surface area contributed by atoms with Gasteiger partial charge >= 0.3 is 0 Å². The van der Waals surface area contributed by atoms with E-state index in [-0.39, 0.29) is 31.6 Å². The van der Waals surface area contributed by atoms with Crippen LogP contribution in [-0.4, -0.2) is 0 Å². The Kier molecular flexibility index (Phi) is 3.89. The summed E-state index contributed by atoms with van der Waals surface area (Å²) < 4.78 is 0. The van der Waals surface area contributed by atoms with Gasteiger partial charge < -0.3 is 0 Å². The average molecular weight is 327 g/mol. The van der Waals surface area contributed by atoms with E-state index >= 15 is 0 Å². The van der Waals surface area contributed by atoms with Crippen LogP contribution in [0.1, 0.15) is 44.7 Å². The Balaban J connectivity index is 0.00000133. The summed E-state index contributed by atoms with van der Waals surface area (Å²) in [7, 11) is 0. The second-order valence-corrected chi connectivity index (χ2v) is 5.88. The quantitative estimate of drug-likeness (QED) is 0.644. The van der Waals surface area contributed by atoms with Crippen molar-refractivity contribution in [1.82, 2.24) is 0 Å². The van der Waals surface area contributed by atoms with Gasteiger partial charge in [-0.25, -0.2) is 17.2 Å². The van der Waals surface area contributed by atoms with Gasteiger partial charge in [-0.1, -0.05) is 62.6 Å². The molecular formula is C18H19Zr-. The minimum Gasteiger partial charge on any atom is -0.248 e. The van der Waals surface area contributed by atoms with Gasteiger partial charge in [0.2, 0.25) is 0 Å². The Morgan fingerprint density at radius 3 is 2.42 bits per heavy atom. The minimum absolute atomic E-state index is 0. The van der Waals surface area contributed by atoms with E-state index in [0.717, 1.165) is 0 Å². The van der Waals surface area contributed by atoms with Crippen LogP contribution in [0.25, 0.3) is 6.08 Å². The van der Waals surface area contributed by atoms with E-state index in [1.807, 2.05) is 0 Å². The molecule has 2 aliphatic rings. The average Bonchev–Trinajstić information content (AvgIpc) is 2.85. The second-order valence-electron chi connectivity index (χ2n) is 5.88. The number of hydrogen-bond donors (Lipinski definition) is 0. The molecule has 1 aromatic rings. The van der Waals surface area contributed by atoms with Crippen LogP contribution in [0.15, 0.2) is 47.1 Å². The first kappa shape index (κ1) is 14.7. The largest absolute Gasteiger partial charge is 0.248 e. The van der Waals surface area contributed by atoms with Crippen molar-refractivity contribution in [3.8, 4) is 0 Å². The van der Waals surface area contributed by atoms with Gasteiger partial charge in [-0.05, 0) is 11.1 Å².